The molecule has 5 heterocycles. The van der Waals surface area contributed by atoms with E-state index >= 15 is 4.39 Å². The van der Waals surface area contributed by atoms with Crippen molar-refractivity contribution in [2.24, 2.45) is 0 Å². The minimum atomic E-state index is -0.374. The number of nitrogens with one attached hydrogen (secondary N) is 2. The second kappa shape index (κ2) is 13.2. The molecular formula is C30H41FN8O4. The Kier molecular flexibility index (Phi) is 8.96. The Balaban J connectivity index is 1.22. The number of fused-ring (bicyclic) bond motifs is 1. The molecule has 3 aromatic rings. The summed E-state index contributed by atoms with van der Waals surface area (Å²) in [7, 11) is 0. The van der Waals surface area contributed by atoms with E-state index in [0.29, 0.717) is 73.3 Å². The van der Waals surface area contributed by atoms with Crippen molar-refractivity contribution in [2.75, 3.05) is 62.7 Å². The van der Waals surface area contributed by atoms with Gasteiger partial charge >= 0.3 is 12.1 Å². The third-order valence-electron chi connectivity index (χ3n) is 8.44. The van der Waals surface area contributed by atoms with E-state index in [1.54, 1.807) is 21.8 Å². The topological polar surface area (TPSA) is 121 Å². The van der Waals surface area contributed by atoms with Crippen molar-refractivity contribution in [1.29, 1.82) is 0 Å². The van der Waals surface area contributed by atoms with Gasteiger partial charge in [-0.05, 0) is 51.0 Å². The maximum atomic E-state index is 15.4. The van der Waals surface area contributed by atoms with Crippen LogP contribution in [-0.2, 0) is 9.47 Å². The number of carbonyl (C=O) groups excluding carboxylic acids is 2. The molecule has 1 atom stereocenters. The summed E-state index contributed by atoms with van der Waals surface area (Å²) in [5.41, 5.74) is 2.57. The number of likely N-dealkylation sites (tertiary alicyclic amines) is 1. The Labute approximate surface area is 250 Å². The normalized spacial score (nSPS) is 19.6. The molecule has 0 saturated carbocycles. The number of urea groups is 1. The molecule has 43 heavy (non-hydrogen) atoms. The smallest absolute Gasteiger partial charge is 0.409 e. The van der Waals surface area contributed by atoms with Crippen LogP contribution in [0.2, 0.25) is 0 Å². The van der Waals surface area contributed by atoms with Gasteiger partial charge in [-0.1, -0.05) is 13.3 Å². The molecule has 2 aromatic heterocycles. The van der Waals surface area contributed by atoms with E-state index < -0.39 is 0 Å². The van der Waals surface area contributed by atoms with Crippen molar-refractivity contribution < 1.29 is 23.5 Å². The highest BCUT2D eigenvalue weighted by molar-refractivity contribution is 5.94. The van der Waals surface area contributed by atoms with Gasteiger partial charge in [-0.3, -0.25) is 0 Å². The lowest BCUT2D eigenvalue weighted by atomic mass is 10.1. The zero-order valence-corrected chi connectivity index (χ0v) is 24.8. The third-order valence-corrected chi connectivity index (χ3v) is 8.44. The summed E-state index contributed by atoms with van der Waals surface area (Å²) < 4.78 is 28.4. The highest BCUT2D eigenvalue weighted by Crippen LogP contribution is 2.33. The number of benzene rings is 1. The lowest BCUT2D eigenvalue weighted by molar-refractivity contribution is -0.0393. The summed E-state index contributed by atoms with van der Waals surface area (Å²) >= 11 is 0. The van der Waals surface area contributed by atoms with Crippen LogP contribution in [0.4, 0.5) is 25.4 Å². The highest BCUT2D eigenvalue weighted by Gasteiger charge is 2.27. The van der Waals surface area contributed by atoms with Crippen LogP contribution in [0.3, 0.4) is 0 Å². The monoisotopic (exact) mass is 596 g/mol. The van der Waals surface area contributed by atoms with Crippen molar-refractivity contribution in [3.8, 4) is 11.5 Å². The average molecular weight is 597 g/mol. The molecule has 3 fully saturated rings. The second-order valence-corrected chi connectivity index (χ2v) is 11.5. The minimum absolute atomic E-state index is 0.164. The maximum absolute atomic E-state index is 15.4. The number of hydrogen-bond acceptors (Lipinski definition) is 7. The Hall–Kier alpha value is -3.87. The summed E-state index contributed by atoms with van der Waals surface area (Å²) in [6.45, 7) is 6.46. The van der Waals surface area contributed by atoms with Gasteiger partial charge in [0.1, 0.15) is 12.0 Å². The van der Waals surface area contributed by atoms with E-state index in [2.05, 4.69) is 10.3 Å². The van der Waals surface area contributed by atoms with E-state index in [1.807, 2.05) is 16.7 Å². The molecule has 6 rings (SSSR count). The van der Waals surface area contributed by atoms with Crippen LogP contribution >= 0.6 is 0 Å². The molecule has 232 valence electrons. The molecule has 0 bridgehead atoms. The van der Waals surface area contributed by atoms with Crippen LogP contribution in [0.5, 0.6) is 0 Å². The van der Waals surface area contributed by atoms with E-state index in [9.17, 15) is 9.59 Å². The van der Waals surface area contributed by atoms with Gasteiger partial charge in [-0.2, -0.15) is 5.10 Å². The molecule has 0 spiro atoms. The van der Waals surface area contributed by atoms with Gasteiger partial charge in [-0.25, -0.2) is 23.6 Å². The fraction of sp³-hybridized carbons (Fsp3) is 0.600. The first-order valence-electron chi connectivity index (χ1n) is 15.6. The lowest BCUT2D eigenvalue weighted by Gasteiger charge is -2.35. The molecule has 1 unspecified atom stereocenters. The zero-order valence-electron chi connectivity index (χ0n) is 24.8. The van der Waals surface area contributed by atoms with Gasteiger partial charge in [0.2, 0.25) is 0 Å². The number of nitrogens with zero attached hydrogens (tertiary/aromatic N) is 6. The van der Waals surface area contributed by atoms with Crippen LogP contribution < -0.4 is 10.2 Å². The standard InChI is InChI=1S/C30H41FN8O4/c1-2-3-16-43-30(41)38-14-12-36(13-15-38)25-19-23-22(18-21(25)31)32-28(33-23)27-24(34-29(40)37-10-6-4-7-11-37)20-39(35-27)26-9-5-8-17-42-26/h18-20,26H,2-17H2,1H3,(H,32,33)(H,34,40). The number of H-pyrrole nitrogens is 1. The molecule has 12 nitrogen and oxygen atoms in total. The summed E-state index contributed by atoms with van der Waals surface area (Å²) in [5, 5.41) is 7.84. The lowest BCUT2D eigenvalue weighted by Crippen LogP contribution is -2.49. The first kappa shape index (κ1) is 29.2. The summed E-state index contributed by atoms with van der Waals surface area (Å²) in [6, 6.07) is 3.01. The molecule has 13 heteroatoms. The molecular weight excluding hydrogens is 555 g/mol. The van der Waals surface area contributed by atoms with E-state index in [1.165, 1.54) is 6.07 Å². The number of ether oxygens (including phenoxy) is 2. The maximum Gasteiger partial charge on any atom is 0.409 e. The van der Waals surface area contributed by atoms with Crippen molar-refractivity contribution in [3.63, 3.8) is 0 Å². The van der Waals surface area contributed by atoms with Crippen LogP contribution in [0, 0.1) is 5.82 Å². The Morgan fingerprint density at radius 3 is 2.63 bits per heavy atom. The van der Waals surface area contributed by atoms with Crippen molar-refractivity contribution in [3.05, 3.63) is 24.1 Å². The first-order valence-corrected chi connectivity index (χ1v) is 15.6. The molecule has 3 aliphatic heterocycles. The van der Waals surface area contributed by atoms with E-state index in [0.717, 1.165) is 64.5 Å². The average Bonchev–Trinajstić information content (AvgIpc) is 3.65. The number of carbonyl (C=O) groups is 2. The van der Waals surface area contributed by atoms with Crippen LogP contribution in [-0.4, -0.2) is 94.2 Å². The molecule has 3 amide bonds. The summed E-state index contributed by atoms with van der Waals surface area (Å²) in [6.07, 6.45) is 9.06. The number of unbranched alkanes of at least 4 members (excludes halogenated alkanes) is 1. The molecule has 1 aromatic carbocycles. The highest BCUT2D eigenvalue weighted by atomic mass is 19.1. The van der Waals surface area contributed by atoms with Crippen LogP contribution in [0.25, 0.3) is 22.6 Å². The van der Waals surface area contributed by atoms with Gasteiger partial charge in [0.05, 0.1) is 35.2 Å². The molecule has 0 radical (unpaired) electrons. The Morgan fingerprint density at radius 1 is 1.07 bits per heavy atom. The number of aromatic amines is 1. The Morgan fingerprint density at radius 2 is 1.88 bits per heavy atom. The van der Waals surface area contributed by atoms with Gasteiger partial charge in [0.15, 0.2) is 11.5 Å². The number of amides is 3. The Bertz CT molecular complexity index is 1420. The summed E-state index contributed by atoms with van der Waals surface area (Å²) in [5.74, 6) is 0.0659. The number of anilines is 2. The van der Waals surface area contributed by atoms with Crippen LogP contribution in [0.15, 0.2) is 18.3 Å². The number of rotatable bonds is 7. The predicted octanol–water partition coefficient (Wildman–Crippen LogP) is 5.34. The second-order valence-electron chi connectivity index (χ2n) is 11.5. The predicted molar refractivity (Wildman–Crippen MR) is 161 cm³/mol. The van der Waals surface area contributed by atoms with Gasteiger partial charge in [0, 0.05) is 51.9 Å². The third kappa shape index (κ3) is 6.56. The quantitative estimate of drug-likeness (QED) is 0.353. The van der Waals surface area contributed by atoms with Gasteiger partial charge in [0.25, 0.3) is 0 Å². The number of imidazole rings is 1. The number of piperidine rings is 1. The first-order chi connectivity index (χ1) is 21.0. The van der Waals surface area contributed by atoms with Gasteiger partial charge in [-0.15, -0.1) is 0 Å². The number of hydrogen-bond donors (Lipinski definition) is 2. The van der Waals surface area contributed by atoms with Crippen molar-refractivity contribution in [2.45, 2.75) is 64.5 Å². The van der Waals surface area contributed by atoms with E-state index in [-0.39, 0.29) is 24.2 Å². The summed E-state index contributed by atoms with van der Waals surface area (Å²) in [4.78, 5) is 38.9. The zero-order chi connectivity index (χ0) is 29.8. The van der Waals surface area contributed by atoms with E-state index in [4.69, 9.17) is 19.6 Å². The largest absolute Gasteiger partial charge is 0.449 e. The van der Waals surface area contributed by atoms with Gasteiger partial charge < -0.3 is 34.5 Å². The number of piperazine rings is 1. The molecule has 3 saturated heterocycles. The SMILES string of the molecule is CCCCOC(=O)N1CCN(c2cc3nc(-c4nn(C5CCCCO5)cc4NC(=O)N4CCCCC4)[nH]c3cc2F)CC1. The van der Waals surface area contributed by atoms with Crippen molar-refractivity contribution in [1.82, 2.24) is 29.5 Å². The fourth-order valence-corrected chi connectivity index (χ4v) is 5.93. The molecule has 3 aliphatic rings. The minimum Gasteiger partial charge on any atom is -0.449 e. The molecule has 0 aliphatic carbocycles. The fourth-order valence-electron chi connectivity index (χ4n) is 5.93. The molecule has 2 N–H and O–H groups in total. The number of halogens is 1. The number of aromatic nitrogens is 4. The van der Waals surface area contributed by atoms with Crippen LogP contribution in [0.1, 0.15) is 64.5 Å². The van der Waals surface area contributed by atoms with Crippen molar-refractivity contribution >= 4 is 34.5 Å².